The minimum Gasteiger partial charge on any atom is -0.456 e. The Kier molecular flexibility index (Phi) is 5.76. The molecular weight excluding hydrogens is 601 g/mol. The quantitative estimate of drug-likeness (QED) is 0.196. The maximum Gasteiger partial charge on any atom is 0.136 e. The van der Waals surface area contributed by atoms with Crippen molar-refractivity contribution >= 4 is 55.1 Å². The summed E-state index contributed by atoms with van der Waals surface area (Å²) in [5.74, 6) is 0.162. The second kappa shape index (κ2) is 10.3. The lowest BCUT2D eigenvalue weighted by molar-refractivity contribution is 0.669. The Bertz CT molecular complexity index is 2840. The third-order valence-electron chi connectivity index (χ3n) is 10.2. The molecule has 0 saturated carbocycles. The zero-order valence-corrected chi connectivity index (χ0v) is 26.2. The Morgan fingerprint density at radius 1 is 0.551 bits per heavy atom. The van der Waals surface area contributed by atoms with Crippen LogP contribution in [0.5, 0.6) is 0 Å². The summed E-state index contributed by atoms with van der Waals surface area (Å²) in [4.78, 5) is 2.32. The Labute approximate surface area is 282 Å². The van der Waals surface area contributed by atoms with Gasteiger partial charge in [0.15, 0.2) is 0 Å². The highest BCUT2D eigenvalue weighted by Gasteiger charge is 2.39. The molecule has 2 aromatic heterocycles. The van der Waals surface area contributed by atoms with Gasteiger partial charge in [-0.3, -0.25) is 0 Å². The molecule has 8 aromatic rings. The highest BCUT2D eigenvalue weighted by molar-refractivity contribution is 6.27. The molecule has 0 fully saturated rings. The fourth-order valence-electron chi connectivity index (χ4n) is 8.27. The molecule has 2 unspecified atom stereocenters. The van der Waals surface area contributed by atoms with Crippen LogP contribution in [0.25, 0.3) is 60.6 Å². The topological polar surface area (TPSA) is 68.9 Å². The number of aromatic nitrogens is 1. The van der Waals surface area contributed by atoms with Crippen LogP contribution in [0.2, 0.25) is 0 Å². The average Bonchev–Trinajstić information content (AvgIpc) is 3.81. The maximum absolute atomic E-state index is 10.7. The van der Waals surface area contributed by atoms with Gasteiger partial charge in [0, 0.05) is 44.3 Å². The molecule has 3 heterocycles. The Morgan fingerprint density at radius 3 is 2.08 bits per heavy atom. The minimum absolute atomic E-state index is 0.00847. The number of allylic oxidation sites excluding steroid dienone is 2. The second-order valence-electron chi connectivity index (χ2n) is 12.6. The van der Waals surface area contributed by atoms with Crippen LogP contribution in [0.4, 0.5) is 11.4 Å². The zero-order chi connectivity index (χ0) is 32.6. The number of hydrogen-bond donors (Lipinski definition) is 0. The van der Waals surface area contributed by atoms with Crippen LogP contribution in [0.1, 0.15) is 22.6 Å². The Morgan fingerprint density at radius 2 is 1.24 bits per heavy atom. The van der Waals surface area contributed by atoms with E-state index in [1.54, 1.807) is 0 Å². The first-order valence-corrected chi connectivity index (χ1v) is 16.4. The van der Waals surface area contributed by atoms with Gasteiger partial charge in [0.25, 0.3) is 0 Å². The van der Waals surface area contributed by atoms with Crippen LogP contribution >= 0.6 is 0 Å². The molecule has 2 atom stereocenters. The monoisotopic (exact) mass is 626 g/mol. The van der Waals surface area contributed by atoms with E-state index < -0.39 is 0 Å². The number of hydrogen-bond acceptors (Lipinski definition) is 4. The molecule has 228 valence electrons. The largest absolute Gasteiger partial charge is 0.456 e. The Balaban J connectivity index is 1.32. The van der Waals surface area contributed by atoms with Crippen LogP contribution < -0.4 is 4.90 Å². The van der Waals surface area contributed by atoms with Crippen molar-refractivity contribution in [3.8, 4) is 29.0 Å². The van der Waals surface area contributed by atoms with E-state index in [1.807, 2.05) is 54.6 Å². The molecule has 2 aliphatic rings. The molecule has 49 heavy (non-hydrogen) atoms. The summed E-state index contributed by atoms with van der Waals surface area (Å²) >= 11 is 0. The van der Waals surface area contributed by atoms with E-state index in [2.05, 4.69) is 113 Å². The maximum atomic E-state index is 10.7. The summed E-state index contributed by atoms with van der Waals surface area (Å²) in [7, 11) is 0. The fraction of sp³-hybridized carbons (Fsp3) is 0.0455. The van der Waals surface area contributed by atoms with Crippen molar-refractivity contribution in [2.24, 2.45) is 0 Å². The van der Waals surface area contributed by atoms with E-state index in [9.17, 15) is 10.5 Å². The summed E-state index contributed by atoms with van der Waals surface area (Å²) in [6, 6.07) is 46.0. The standard InChI is InChI=1S/C44H26N4O/c45-25-27-11-9-17-31(43(27)47-35-19-5-1-13-29(35)30-14-2-6-20-36(30)47)32-18-10-12-28(26-46)44(32)48-37-21-7-3-15-33(37)41-38(48)23-24-40-42(41)34-16-4-8-22-39(34)49-40/h1-24,29,35H. The number of fused-ring (bicyclic) bond motifs is 10. The normalized spacial score (nSPS) is 16.3. The molecule has 5 heteroatoms. The molecule has 10 rings (SSSR count). The first kappa shape index (κ1) is 27.3. The van der Waals surface area contributed by atoms with Gasteiger partial charge in [0.05, 0.1) is 39.6 Å². The van der Waals surface area contributed by atoms with E-state index >= 15 is 0 Å². The highest BCUT2D eigenvalue weighted by atomic mass is 16.3. The SMILES string of the molecule is N#Cc1cccc(-c2cccc(C#N)c2-n2c3ccccc3c3c4c(ccc32)oc2ccccc24)c1N1c2ccccc2C2C=CC=CC21. The molecule has 0 bridgehead atoms. The number of anilines is 2. The van der Waals surface area contributed by atoms with Gasteiger partial charge in [0.1, 0.15) is 23.3 Å². The molecule has 0 saturated heterocycles. The molecule has 0 N–H and O–H groups in total. The molecule has 0 amide bonds. The van der Waals surface area contributed by atoms with Crippen molar-refractivity contribution < 1.29 is 4.42 Å². The first-order chi connectivity index (χ1) is 24.3. The van der Waals surface area contributed by atoms with Gasteiger partial charge in [0.2, 0.25) is 0 Å². The van der Waals surface area contributed by atoms with E-state index in [4.69, 9.17) is 4.42 Å². The van der Waals surface area contributed by atoms with E-state index in [0.29, 0.717) is 11.1 Å². The lowest BCUT2D eigenvalue weighted by atomic mass is 9.91. The van der Waals surface area contributed by atoms with Crippen molar-refractivity contribution in [2.75, 3.05) is 4.90 Å². The summed E-state index contributed by atoms with van der Waals surface area (Å²) in [5, 5.41) is 25.6. The van der Waals surface area contributed by atoms with Crippen molar-refractivity contribution in [1.82, 2.24) is 4.57 Å². The van der Waals surface area contributed by atoms with Crippen LogP contribution in [0, 0.1) is 22.7 Å². The van der Waals surface area contributed by atoms with Crippen molar-refractivity contribution in [3.05, 3.63) is 162 Å². The highest BCUT2D eigenvalue weighted by Crippen LogP contribution is 2.52. The minimum atomic E-state index is 0.00847. The third-order valence-corrected chi connectivity index (χ3v) is 10.2. The summed E-state index contributed by atoms with van der Waals surface area (Å²) in [5.41, 5.74) is 10.5. The van der Waals surface area contributed by atoms with Crippen molar-refractivity contribution in [3.63, 3.8) is 0 Å². The van der Waals surface area contributed by atoms with Crippen LogP contribution in [0.3, 0.4) is 0 Å². The van der Waals surface area contributed by atoms with Gasteiger partial charge in [-0.25, -0.2) is 0 Å². The lowest BCUT2D eigenvalue weighted by Crippen LogP contribution is -2.29. The predicted molar refractivity (Wildman–Crippen MR) is 196 cm³/mol. The van der Waals surface area contributed by atoms with Crippen LogP contribution in [-0.4, -0.2) is 10.6 Å². The number of para-hydroxylation sites is 5. The summed E-state index contributed by atoms with van der Waals surface area (Å²) < 4.78 is 8.55. The van der Waals surface area contributed by atoms with E-state index in [1.165, 1.54) is 5.56 Å². The van der Waals surface area contributed by atoms with Crippen LogP contribution in [0.15, 0.2) is 150 Å². The van der Waals surface area contributed by atoms with Gasteiger partial charge < -0.3 is 13.9 Å². The van der Waals surface area contributed by atoms with Gasteiger partial charge in [-0.05, 0) is 48.0 Å². The summed E-state index contributed by atoms with van der Waals surface area (Å²) in [6.07, 6.45) is 8.67. The number of furan rings is 1. The van der Waals surface area contributed by atoms with Gasteiger partial charge >= 0.3 is 0 Å². The van der Waals surface area contributed by atoms with Crippen LogP contribution in [-0.2, 0) is 0 Å². The number of nitrogens with zero attached hydrogens (tertiary/aromatic N) is 4. The van der Waals surface area contributed by atoms with Crippen molar-refractivity contribution in [2.45, 2.75) is 12.0 Å². The molecule has 1 aliphatic carbocycles. The third kappa shape index (κ3) is 3.73. The van der Waals surface area contributed by atoms with Crippen molar-refractivity contribution in [1.29, 1.82) is 10.5 Å². The average molecular weight is 627 g/mol. The van der Waals surface area contributed by atoms with Gasteiger partial charge in [-0.1, -0.05) is 103 Å². The summed E-state index contributed by atoms with van der Waals surface area (Å²) in [6.45, 7) is 0. The lowest BCUT2D eigenvalue weighted by Gasteiger charge is -2.31. The predicted octanol–water partition coefficient (Wildman–Crippen LogP) is 10.8. The Hall–Kier alpha value is -6.82. The number of benzene rings is 6. The second-order valence-corrected chi connectivity index (χ2v) is 12.6. The molecule has 0 radical (unpaired) electrons. The molecular formula is C44H26N4O. The molecule has 6 aromatic carbocycles. The smallest absolute Gasteiger partial charge is 0.136 e. The molecule has 5 nitrogen and oxygen atoms in total. The zero-order valence-electron chi connectivity index (χ0n) is 26.2. The number of nitriles is 2. The van der Waals surface area contributed by atoms with E-state index in [0.717, 1.165) is 71.9 Å². The molecule has 1 aliphatic heterocycles. The fourth-order valence-corrected chi connectivity index (χ4v) is 8.27. The van der Waals surface area contributed by atoms with E-state index in [-0.39, 0.29) is 12.0 Å². The number of rotatable bonds is 3. The van der Waals surface area contributed by atoms with Gasteiger partial charge in [-0.2, -0.15) is 10.5 Å². The molecule has 0 spiro atoms. The van der Waals surface area contributed by atoms with Gasteiger partial charge in [-0.15, -0.1) is 0 Å². The first-order valence-electron chi connectivity index (χ1n) is 16.4.